The van der Waals surface area contributed by atoms with Crippen LogP contribution >= 0.6 is 23.5 Å². The molecule has 2 aliphatic carbocycles. The number of nitrogens with zero attached hydrogens (tertiary/aromatic N) is 8. The topological polar surface area (TPSA) is 117 Å². The normalized spacial score (nSPS) is 20.7. The molecule has 8 aromatic rings. The van der Waals surface area contributed by atoms with Crippen LogP contribution in [-0.4, -0.2) is 103 Å². The van der Waals surface area contributed by atoms with Gasteiger partial charge >= 0.3 is 12.4 Å². The molecule has 22 heteroatoms. The van der Waals surface area contributed by atoms with E-state index in [-0.39, 0.29) is 56.0 Å². The average molecular weight is 1380 g/mol. The third-order valence-corrected chi connectivity index (χ3v) is 16.0. The maximum Gasteiger partial charge on any atom is 0.416 e. The number of rotatable bonds is 26. The fraction of sp³-hybridized carbons (Fsp3) is 0.370. The van der Waals surface area contributed by atoms with Crippen LogP contribution in [0, 0.1) is 18.6 Å². The number of carbonyl (C=O) groups excluding carboxylic acids is 2. The highest BCUT2D eigenvalue weighted by atomic mass is 32.2. The van der Waals surface area contributed by atoms with Gasteiger partial charge in [0.15, 0.2) is 10.3 Å². The third kappa shape index (κ3) is 19.0. The zero-order chi connectivity index (χ0) is 97.3. The van der Waals surface area contributed by atoms with E-state index in [4.69, 9.17) is 34.3 Å². The van der Waals surface area contributed by atoms with Crippen molar-refractivity contribution in [2.24, 2.45) is 0 Å². The number of likely N-dealkylation sites (N-methyl/N-ethyl adjacent to an activating group) is 2. The number of hydrogen-bond donors (Lipinski definition) is 0. The van der Waals surface area contributed by atoms with Crippen molar-refractivity contribution in [1.82, 2.24) is 38.7 Å². The summed E-state index contributed by atoms with van der Waals surface area (Å²) in [6, 6.07) is 0.896. The van der Waals surface area contributed by atoms with Crippen molar-refractivity contribution in [3.63, 3.8) is 0 Å². The Bertz CT molecular complexity index is 5680. The second-order valence-corrected chi connectivity index (χ2v) is 22.0. The number of amides is 2. The molecule has 95 heavy (non-hydrogen) atoms. The minimum atomic E-state index is -5.27. The summed E-state index contributed by atoms with van der Waals surface area (Å²) in [5, 5.41) is -1.41. The molecule has 0 saturated carbocycles. The molecule has 0 atom stereocenters. The number of benzene rings is 6. The summed E-state index contributed by atoms with van der Waals surface area (Å²) in [4.78, 5) is 65.9. The minimum absolute atomic E-state index is 0.00295. The predicted molar refractivity (Wildman–Crippen MR) is 358 cm³/mol. The average Bonchev–Trinajstić information content (AvgIpc) is 1.51. The number of thioether (sulfide) groups is 2. The summed E-state index contributed by atoms with van der Waals surface area (Å²) in [6.45, 7) is -23.6. The lowest BCUT2D eigenvalue weighted by Crippen LogP contribution is -2.40. The van der Waals surface area contributed by atoms with Gasteiger partial charge in [-0.25, -0.2) is 8.78 Å². The van der Waals surface area contributed by atoms with Crippen LogP contribution in [0.3, 0.4) is 0 Å². The van der Waals surface area contributed by atoms with Crippen LogP contribution in [0.25, 0.3) is 22.3 Å². The first-order valence-corrected chi connectivity index (χ1v) is 30.5. The largest absolute Gasteiger partial charge is 0.416 e. The molecule has 0 radical (unpaired) electrons. The van der Waals surface area contributed by atoms with Crippen LogP contribution in [0.15, 0.2) is 159 Å². The lowest BCUT2D eigenvalue weighted by molar-refractivity contribution is -0.138. The molecule has 0 saturated heterocycles. The Balaban J connectivity index is 0.000000292. The van der Waals surface area contributed by atoms with Crippen LogP contribution in [0.4, 0.5) is 35.1 Å². The van der Waals surface area contributed by atoms with Crippen LogP contribution < -0.4 is 11.1 Å². The van der Waals surface area contributed by atoms with Gasteiger partial charge in [0.2, 0.25) is 11.8 Å². The molecule has 0 spiro atoms. The molecule has 0 bridgehead atoms. The van der Waals surface area contributed by atoms with Gasteiger partial charge in [-0.05, 0) is 164 Å². The van der Waals surface area contributed by atoms with E-state index in [2.05, 4.69) is 9.97 Å². The van der Waals surface area contributed by atoms with Gasteiger partial charge in [-0.2, -0.15) is 36.3 Å². The van der Waals surface area contributed by atoms with Crippen molar-refractivity contribution < 1.29 is 89.9 Å². The molecule has 12 nitrogen and oxygen atoms in total. The first-order valence-electron chi connectivity index (χ1n) is 45.0. The maximum atomic E-state index is 15.2. The number of hydrogen-bond acceptors (Lipinski definition) is 10. The van der Waals surface area contributed by atoms with Crippen molar-refractivity contribution in [3.8, 4) is 22.3 Å². The number of halogens is 8. The van der Waals surface area contributed by atoms with Crippen molar-refractivity contribution in [2.45, 2.75) is 133 Å². The zero-order valence-corrected chi connectivity index (χ0v) is 52.5. The van der Waals surface area contributed by atoms with Crippen LogP contribution in [-0.2, 0) is 85.0 Å². The highest BCUT2D eigenvalue weighted by Gasteiger charge is 2.33. The molecule has 2 heterocycles. The summed E-state index contributed by atoms with van der Waals surface area (Å²) in [5.41, 5.74) is -11.7. The van der Waals surface area contributed by atoms with E-state index in [0.717, 1.165) is 63.5 Å². The number of aromatic nitrogens is 4. The summed E-state index contributed by atoms with van der Waals surface area (Å²) in [5.74, 6) is -6.72. The second kappa shape index (κ2) is 32.7. The fourth-order valence-electron chi connectivity index (χ4n) is 9.16. The van der Waals surface area contributed by atoms with Gasteiger partial charge in [0.05, 0.1) is 37.2 Å². The molecule has 0 unspecified atom stereocenters. The van der Waals surface area contributed by atoms with Gasteiger partial charge in [0.1, 0.15) is 24.6 Å². The lowest BCUT2D eigenvalue weighted by atomic mass is 9.98. The van der Waals surface area contributed by atoms with E-state index in [1.165, 1.54) is 48.5 Å². The van der Waals surface area contributed by atoms with Crippen molar-refractivity contribution >= 4 is 35.3 Å². The second-order valence-electron chi connectivity index (χ2n) is 20.2. The Morgan fingerprint density at radius 2 is 1.04 bits per heavy atom. The quantitative estimate of drug-likeness (QED) is 0.0295. The molecular formula is C73H78F8N8O4S2. The van der Waals surface area contributed by atoms with Crippen LogP contribution in [0.5, 0.6) is 0 Å². The van der Waals surface area contributed by atoms with Gasteiger partial charge in [0, 0.05) is 92.4 Å². The molecule has 502 valence electrons. The molecule has 2 aromatic heterocycles. The molecular weight excluding hydrogens is 1270 g/mol. The van der Waals surface area contributed by atoms with Gasteiger partial charge < -0.3 is 28.7 Å². The molecule has 0 N–H and O–H groups in total. The van der Waals surface area contributed by atoms with E-state index in [1.807, 2.05) is 0 Å². The minimum Gasteiger partial charge on any atom is -0.336 e. The van der Waals surface area contributed by atoms with Crippen molar-refractivity contribution in [1.29, 1.82) is 0 Å². The van der Waals surface area contributed by atoms with Gasteiger partial charge in [-0.15, -0.1) is 0 Å². The van der Waals surface area contributed by atoms with Crippen LogP contribution in [0.1, 0.15) is 147 Å². The Labute approximate surface area is 603 Å². The smallest absolute Gasteiger partial charge is 0.336 e. The third-order valence-electron chi connectivity index (χ3n) is 14.0. The highest BCUT2D eigenvalue weighted by Crippen LogP contribution is 2.36. The van der Waals surface area contributed by atoms with Gasteiger partial charge in [-0.3, -0.25) is 19.2 Å². The van der Waals surface area contributed by atoms with E-state index in [9.17, 15) is 60.5 Å². The molecule has 6 aromatic carbocycles. The zero-order valence-electron chi connectivity index (χ0n) is 83.8. The van der Waals surface area contributed by atoms with Crippen molar-refractivity contribution in [3.05, 3.63) is 233 Å². The van der Waals surface area contributed by atoms with Gasteiger partial charge in [0.25, 0.3) is 11.1 Å². The molecule has 10 rings (SSSR count). The summed E-state index contributed by atoms with van der Waals surface area (Å²) < 4.78 is 395. The SMILES string of the molecule is [2H]c1c([2H])c(C([2H])([2H])N(CCN(C([2H])([2H])C)C([2H])([2H])C)C(=O)C([2H])([2H])n2c(SCc3ccc(F)cc3)nc(=O)c3c2C([2H])([2H])C([2H])([2H])C3([2H])[2H])c([2H])c([2H])c1-c1c([2H])c([2H])c(C(F)(F)F)c(C)c1[2H].[2H]c1c([2H])c(CSc2nc(=O)c3c(n2C([2H])([2H])C(=O)N(CCN(C([2H])([2H])C)C([2H])([2H])C)C([2H])([2H])c2ccc(-c4ccc(C(F)(F)F)cc4)cc2)CCC3)c([2H])c([2H])c1F. The summed E-state index contributed by atoms with van der Waals surface area (Å²) in [7, 11) is 0. The van der Waals surface area contributed by atoms with E-state index < -0.39 is 271 Å². The van der Waals surface area contributed by atoms with E-state index >= 15 is 4.79 Å². The van der Waals surface area contributed by atoms with Crippen LogP contribution in [0.2, 0.25) is 0 Å². The number of fused-ring (bicyclic) bond motifs is 2. The van der Waals surface area contributed by atoms with E-state index in [0.29, 0.717) is 55.8 Å². The maximum absolute atomic E-state index is 15.2. The number of alkyl halides is 6. The lowest BCUT2D eigenvalue weighted by Gasteiger charge is -2.28. The fourth-order valence-corrected chi connectivity index (χ4v) is 10.9. The Hall–Kier alpha value is -7.92. The first kappa shape index (κ1) is 39.3. The molecule has 2 aliphatic rings. The van der Waals surface area contributed by atoms with E-state index in [1.54, 1.807) is 0 Å². The summed E-state index contributed by atoms with van der Waals surface area (Å²) in [6.07, 6.45) is -20.3. The number of carbonyl (C=O) groups is 2. The predicted octanol–water partition coefficient (Wildman–Crippen LogP) is 14.7. The molecule has 2 amide bonds. The highest BCUT2D eigenvalue weighted by molar-refractivity contribution is 7.98. The monoisotopic (exact) mass is 1380 g/mol. The Kier molecular flexibility index (Phi) is 13.5. The summed E-state index contributed by atoms with van der Waals surface area (Å²) >= 11 is 0.944. The molecule has 0 fully saturated rings. The Morgan fingerprint density at radius 1 is 0.547 bits per heavy atom. The van der Waals surface area contributed by atoms with Crippen molar-refractivity contribution in [2.75, 3.05) is 52.2 Å². The van der Waals surface area contributed by atoms with Gasteiger partial charge in [-0.1, -0.05) is 148 Å². The first-order chi connectivity index (χ1) is 58.1. The standard InChI is InChI=1S/C37H40F4N4O2S.C36H38F4N4O2S/c1-4-43(5-2)19-20-44(22-26-9-13-28(14-10-26)29-15-18-32(25(3)21-29)37(39,40)41)34(46)23-45-33-8-6-7-31(33)35(47)42-36(45)48-24-27-11-16-30(38)17-12-27;1-3-42(4-2)20-21-43(22-25-8-12-27(13-9-25)28-14-16-29(17-15-28)36(38,39)40)33(45)23-44-32-7-5-6-31(32)34(46)41-35(44)47-24-26-10-18-30(37)19-11-26/h9-18,21H,4-8,19-20,22-24H2,1-3H3;8-19H,3-7,20-24H2,1-2H3/i4D2,5D2,6D2,7D2,8D2,9D,10D,13D,14D,15D,18D,21D,22D2,23D2;3D2,4D2,10D,11D,18D,19D,22D2,23D2. The molecule has 0 aliphatic heterocycles. The Morgan fingerprint density at radius 3 is 1.59 bits per heavy atom.